The standard InChI is InChI=1S/C10H16N4O.C2H6/c1-8-6-9(13-7-12-8)10(15)11-4-5-14(2)3;1-2/h6-7H,4-5H2,1-3H3,(H,11,15);1-2H3. The lowest BCUT2D eigenvalue weighted by Crippen LogP contribution is -2.31. The first-order chi connectivity index (χ1) is 8.09. The van der Waals surface area contributed by atoms with Crippen LogP contribution in [0.15, 0.2) is 12.4 Å². The van der Waals surface area contributed by atoms with Gasteiger partial charge in [0.05, 0.1) is 0 Å². The highest BCUT2D eigenvalue weighted by Gasteiger charge is 2.06. The molecule has 0 aromatic carbocycles. The molecule has 5 heteroatoms. The molecule has 1 N–H and O–H groups in total. The van der Waals surface area contributed by atoms with Crippen LogP contribution in [0, 0.1) is 6.92 Å². The molecule has 17 heavy (non-hydrogen) atoms. The number of aromatic nitrogens is 2. The number of hydrogen-bond donors (Lipinski definition) is 1. The number of carbonyl (C=O) groups is 1. The molecule has 0 saturated carbocycles. The number of rotatable bonds is 4. The van der Waals surface area contributed by atoms with Gasteiger partial charge >= 0.3 is 0 Å². The Morgan fingerprint density at radius 2 is 2.00 bits per heavy atom. The fourth-order valence-electron chi connectivity index (χ4n) is 1.06. The zero-order valence-corrected chi connectivity index (χ0v) is 11.3. The van der Waals surface area contributed by atoms with Crippen LogP contribution in [0.2, 0.25) is 0 Å². The quantitative estimate of drug-likeness (QED) is 0.853. The number of nitrogens with one attached hydrogen (secondary N) is 1. The van der Waals surface area contributed by atoms with E-state index < -0.39 is 0 Å². The molecule has 0 atom stereocenters. The largest absolute Gasteiger partial charge is 0.349 e. The summed E-state index contributed by atoms with van der Waals surface area (Å²) in [7, 11) is 3.92. The first-order valence-corrected chi connectivity index (χ1v) is 5.81. The van der Waals surface area contributed by atoms with Crippen molar-refractivity contribution in [2.24, 2.45) is 0 Å². The first kappa shape index (κ1) is 15.5. The number of hydrogen-bond acceptors (Lipinski definition) is 4. The fourth-order valence-corrected chi connectivity index (χ4v) is 1.06. The molecule has 0 aliphatic carbocycles. The third-order valence-corrected chi connectivity index (χ3v) is 1.88. The Morgan fingerprint density at radius 1 is 1.35 bits per heavy atom. The van der Waals surface area contributed by atoms with Crippen molar-refractivity contribution < 1.29 is 4.79 Å². The molecular formula is C12H22N4O. The minimum Gasteiger partial charge on any atom is -0.349 e. The number of likely N-dealkylation sites (N-methyl/N-ethyl adjacent to an activating group) is 1. The van der Waals surface area contributed by atoms with Gasteiger partial charge in [-0.15, -0.1) is 0 Å². The van der Waals surface area contributed by atoms with E-state index in [9.17, 15) is 4.79 Å². The highest BCUT2D eigenvalue weighted by molar-refractivity contribution is 5.92. The first-order valence-electron chi connectivity index (χ1n) is 5.81. The summed E-state index contributed by atoms with van der Waals surface area (Å²) in [5, 5.41) is 2.79. The molecule has 0 bridgehead atoms. The molecule has 1 rings (SSSR count). The molecule has 5 nitrogen and oxygen atoms in total. The van der Waals surface area contributed by atoms with Gasteiger partial charge < -0.3 is 10.2 Å². The summed E-state index contributed by atoms with van der Waals surface area (Å²) >= 11 is 0. The highest BCUT2D eigenvalue weighted by atomic mass is 16.1. The van der Waals surface area contributed by atoms with E-state index in [0.717, 1.165) is 12.2 Å². The van der Waals surface area contributed by atoms with Crippen LogP contribution in [0.1, 0.15) is 30.0 Å². The summed E-state index contributed by atoms with van der Waals surface area (Å²) in [6.07, 6.45) is 1.40. The summed E-state index contributed by atoms with van der Waals surface area (Å²) in [5.41, 5.74) is 1.21. The zero-order chi connectivity index (χ0) is 13.3. The van der Waals surface area contributed by atoms with Gasteiger partial charge in [-0.2, -0.15) is 0 Å². The summed E-state index contributed by atoms with van der Waals surface area (Å²) in [4.78, 5) is 21.4. The maximum absolute atomic E-state index is 11.6. The van der Waals surface area contributed by atoms with Crippen LogP contribution in [-0.2, 0) is 0 Å². The molecule has 0 fully saturated rings. The molecule has 1 aromatic heterocycles. The fraction of sp³-hybridized carbons (Fsp3) is 0.583. The van der Waals surface area contributed by atoms with Crippen LogP contribution in [0.25, 0.3) is 0 Å². The number of amides is 1. The minimum absolute atomic E-state index is 0.151. The van der Waals surface area contributed by atoms with Gasteiger partial charge in [0, 0.05) is 18.8 Å². The van der Waals surface area contributed by atoms with Gasteiger partial charge in [-0.1, -0.05) is 13.8 Å². The SMILES string of the molecule is CC.Cc1cc(C(=O)NCCN(C)C)ncn1. The van der Waals surface area contributed by atoms with Crippen molar-refractivity contribution in [1.82, 2.24) is 20.2 Å². The van der Waals surface area contributed by atoms with Crippen molar-refractivity contribution in [1.29, 1.82) is 0 Å². The second-order valence-electron chi connectivity index (χ2n) is 3.60. The van der Waals surface area contributed by atoms with E-state index in [1.807, 2.05) is 39.8 Å². The van der Waals surface area contributed by atoms with Crippen molar-refractivity contribution in [3.8, 4) is 0 Å². The zero-order valence-electron chi connectivity index (χ0n) is 11.3. The molecule has 0 unspecified atom stereocenters. The van der Waals surface area contributed by atoms with Crippen LogP contribution in [0.4, 0.5) is 0 Å². The van der Waals surface area contributed by atoms with Crippen LogP contribution in [0.5, 0.6) is 0 Å². The molecule has 0 saturated heterocycles. The number of nitrogens with zero attached hydrogens (tertiary/aromatic N) is 3. The molecule has 0 aliphatic heterocycles. The van der Waals surface area contributed by atoms with Gasteiger partial charge in [-0.05, 0) is 27.1 Å². The van der Waals surface area contributed by atoms with Crippen LogP contribution >= 0.6 is 0 Å². The maximum Gasteiger partial charge on any atom is 0.270 e. The lowest BCUT2D eigenvalue weighted by atomic mass is 10.3. The lowest BCUT2D eigenvalue weighted by molar-refractivity contribution is 0.0945. The van der Waals surface area contributed by atoms with Gasteiger partial charge in [0.15, 0.2) is 0 Å². The predicted molar refractivity (Wildman–Crippen MR) is 69.0 cm³/mol. The van der Waals surface area contributed by atoms with E-state index in [1.165, 1.54) is 6.33 Å². The highest BCUT2D eigenvalue weighted by Crippen LogP contribution is 1.95. The van der Waals surface area contributed by atoms with Crippen molar-refractivity contribution in [2.45, 2.75) is 20.8 Å². The average Bonchev–Trinajstić information content (AvgIpc) is 2.31. The van der Waals surface area contributed by atoms with E-state index in [2.05, 4.69) is 15.3 Å². The number of aryl methyl sites for hydroxylation is 1. The van der Waals surface area contributed by atoms with E-state index >= 15 is 0 Å². The summed E-state index contributed by atoms with van der Waals surface area (Å²) in [5.74, 6) is -0.151. The monoisotopic (exact) mass is 238 g/mol. The van der Waals surface area contributed by atoms with Crippen LogP contribution in [-0.4, -0.2) is 48.0 Å². The van der Waals surface area contributed by atoms with Gasteiger partial charge in [0.1, 0.15) is 12.0 Å². The molecule has 1 amide bonds. The third-order valence-electron chi connectivity index (χ3n) is 1.88. The van der Waals surface area contributed by atoms with Gasteiger partial charge in [0.25, 0.3) is 5.91 Å². The van der Waals surface area contributed by atoms with Crippen molar-refractivity contribution >= 4 is 5.91 Å². The average molecular weight is 238 g/mol. The third kappa shape index (κ3) is 6.63. The van der Waals surface area contributed by atoms with Crippen molar-refractivity contribution in [3.63, 3.8) is 0 Å². The molecule has 0 aliphatic rings. The van der Waals surface area contributed by atoms with Crippen LogP contribution in [0.3, 0.4) is 0 Å². The van der Waals surface area contributed by atoms with E-state index in [-0.39, 0.29) is 5.91 Å². The Morgan fingerprint density at radius 3 is 2.53 bits per heavy atom. The van der Waals surface area contributed by atoms with E-state index in [4.69, 9.17) is 0 Å². The maximum atomic E-state index is 11.6. The molecule has 1 heterocycles. The summed E-state index contributed by atoms with van der Waals surface area (Å²) in [6.45, 7) is 7.27. The summed E-state index contributed by atoms with van der Waals surface area (Å²) in [6, 6.07) is 1.67. The van der Waals surface area contributed by atoms with E-state index in [1.54, 1.807) is 6.07 Å². The Hall–Kier alpha value is -1.49. The molecular weight excluding hydrogens is 216 g/mol. The van der Waals surface area contributed by atoms with Crippen molar-refractivity contribution in [2.75, 3.05) is 27.2 Å². The molecule has 96 valence electrons. The van der Waals surface area contributed by atoms with Gasteiger partial charge in [-0.3, -0.25) is 4.79 Å². The molecule has 1 aromatic rings. The Labute approximate surface area is 103 Å². The van der Waals surface area contributed by atoms with Gasteiger partial charge in [-0.25, -0.2) is 9.97 Å². The Kier molecular flexibility index (Phi) is 7.88. The second-order valence-corrected chi connectivity index (χ2v) is 3.60. The Balaban J connectivity index is 0.00000121. The molecule has 0 spiro atoms. The Bertz CT molecular complexity index is 339. The normalized spacial score (nSPS) is 9.53. The predicted octanol–water partition coefficient (Wildman–Crippen LogP) is 1.10. The minimum atomic E-state index is -0.151. The van der Waals surface area contributed by atoms with E-state index in [0.29, 0.717) is 12.2 Å². The smallest absolute Gasteiger partial charge is 0.270 e. The lowest BCUT2D eigenvalue weighted by Gasteiger charge is -2.09. The summed E-state index contributed by atoms with van der Waals surface area (Å²) < 4.78 is 0. The topological polar surface area (TPSA) is 58.1 Å². The van der Waals surface area contributed by atoms with Crippen molar-refractivity contribution in [3.05, 3.63) is 23.8 Å². The molecule has 0 radical (unpaired) electrons. The number of carbonyl (C=O) groups excluding carboxylic acids is 1. The van der Waals surface area contributed by atoms with Gasteiger partial charge in [0.2, 0.25) is 0 Å². The second kappa shape index (κ2) is 8.64. The van der Waals surface area contributed by atoms with Crippen LogP contribution < -0.4 is 5.32 Å².